The molecule has 1 rings (SSSR count). The molecule has 0 aromatic rings. The second-order valence-electron chi connectivity index (χ2n) is 3.14. The Balaban J connectivity index is 2.40. The van der Waals surface area contributed by atoms with Crippen molar-refractivity contribution >= 4 is 5.97 Å². The molecule has 1 saturated heterocycles. The zero-order valence-electron chi connectivity index (χ0n) is 7.79. The fourth-order valence-electron chi connectivity index (χ4n) is 1.45. The average Bonchev–Trinajstić information content (AvgIpc) is 2.15. The van der Waals surface area contributed by atoms with E-state index < -0.39 is 0 Å². The highest BCUT2D eigenvalue weighted by Gasteiger charge is 2.29. The minimum Gasteiger partial charge on any atom is -0.452 e. The molecule has 72 valence electrons. The Bertz CT molecular complexity index is 217. The van der Waals surface area contributed by atoms with E-state index in [2.05, 4.69) is 5.92 Å². The number of hydrogen-bond acceptors (Lipinski definition) is 3. The molecule has 13 heavy (non-hydrogen) atoms. The van der Waals surface area contributed by atoms with Crippen molar-refractivity contribution in [3.63, 3.8) is 0 Å². The fourth-order valence-corrected chi connectivity index (χ4v) is 1.45. The summed E-state index contributed by atoms with van der Waals surface area (Å²) in [5, 5.41) is 0. The van der Waals surface area contributed by atoms with Gasteiger partial charge in [-0.3, -0.25) is 4.79 Å². The lowest BCUT2D eigenvalue weighted by Crippen LogP contribution is -2.34. The maximum absolute atomic E-state index is 11.4. The summed E-state index contributed by atoms with van der Waals surface area (Å²) < 4.78 is 10.2. The summed E-state index contributed by atoms with van der Waals surface area (Å²) in [4.78, 5) is 11.4. The Morgan fingerprint density at radius 3 is 3.15 bits per heavy atom. The predicted octanol–water partition coefficient (Wildman–Crippen LogP) is 0.978. The quantitative estimate of drug-likeness (QED) is 0.471. The van der Waals surface area contributed by atoms with Crippen LogP contribution < -0.4 is 0 Å². The maximum Gasteiger partial charge on any atom is 0.312 e. The highest BCUT2D eigenvalue weighted by Crippen LogP contribution is 2.21. The molecular weight excluding hydrogens is 168 g/mol. The first kappa shape index (κ1) is 10.1. The normalized spacial score (nSPS) is 27.7. The van der Waals surface area contributed by atoms with Gasteiger partial charge in [0.25, 0.3) is 0 Å². The Kier molecular flexibility index (Phi) is 3.78. The minimum atomic E-state index is -0.231. The van der Waals surface area contributed by atoms with Crippen molar-refractivity contribution in [2.45, 2.75) is 25.9 Å². The molecule has 0 aromatic carbocycles. The van der Waals surface area contributed by atoms with E-state index in [0.29, 0.717) is 0 Å². The van der Waals surface area contributed by atoms with Crippen molar-refractivity contribution in [3.8, 4) is 12.3 Å². The summed E-state index contributed by atoms with van der Waals surface area (Å²) in [5.41, 5.74) is 0. The lowest BCUT2D eigenvalue weighted by atomic mass is 9.96. The third-order valence-corrected chi connectivity index (χ3v) is 2.21. The van der Waals surface area contributed by atoms with E-state index in [4.69, 9.17) is 15.9 Å². The number of esters is 1. The van der Waals surface area contributed by atoms with E-state index in [1.54, 1.807) is 0 Å². The van der Waals surface area contributed by atoms with Crippen molar-refractivity contribution in [1.29, 1.82) is 0 Å². The van der Waals surface area contributed by atoms with Crippen LogP contribution >= 0.6 is 0 Å². The SMILES string of the molecule is C#CCOC(=O)[C@H]1CCCO[C@H]1C. The van der Waals surface area contributed by atoms with E-state index in [1.807, 2.05) is 6.92 Å². The second kappa shape index (κ2) is 4.88. The van der Waals surface area contributed by atoms with Gasteiger partial charge in [0, 0.05) is 6.61 Å². The van der Waals surface area contributed by atoms with Crippen LogP contribution in [0.15, 0.2) is 0 Å². The molecule has 1 heterocycles. The fraction of sp³-hybridized carbons (Fsp3) is 0.700. The van der Waals surface area contributed by atoms with Crippen LogP contribution in [0.2, 0.25) is 0 Å². The van der Waals surface area contributed by atoms with Crippen molar-refractivity contribution in [1.82, 2.24) is 0 Å². The van der Waals surface area contributed by atoms with Crippen molar-refractivity contribution in [2.24, 2.45) is 5.92 Å². The van der Waals surface area contributed by atoms with Gasteiger partial charge in [0.05, 0.1) is 12.0 Å². The number of carbonyl (C=O) groups is 1. The summed E-state index contributed by atoms with van der Waals surface area (Å²) in [6.45, 7) is 2.68. The monoisotopic (exact) mass is 182 g/mol. The molecule has 1 fully saturated rings. The summed E-state index contributed by atoms with van der Waals surface area (Å²) in [6.07, 6.45) is 6.69. The zero-order valence-corrected chi connectivity index (χ0v) is 7.79. The molecule has 0 bridgehead atoms. The summed E-state index contributed by atoms with van der Waals surface area (Å²) >= 11 is 0. The first-order valence-corrected chi connectivity index (χ1v) is 4.47. The van der Waals surface area contributed by atoms with Crippen LogP contribution in [0.4, 0.5) is 0 Å². The summed E-state index contributed by atoms with van der Waals surface area (Å²) in [6, 6.07) is 0. The number of hydrogen-bond donors (Lipinski definition) is 0. The topological polar surface area (TPSA) is 35.5 Å². The zero-order chi connectivity index (χ0) is 9.68. The molecule has 0 unspecified atom stereocenters. The molecule has 1 aliphatic rings. The van der Waals surface area contributed by atoms with E-state index in [-0.39, 0.29) is 24.6 Å². The van der Waals surface area contributed by atoms with Crippen LogP contribution in [-0.2, 0) is 14.3 Å². The van der Waals surface area contributed by atoms with Gasteiger partial charge in [-0.2, -0.15) is 0 Å². The Labute approximate surface area is 78.4 Å². The molecule has 0 saturated carbocycles. The standard InChI is InChI=1S/C10H14O3/c1-3-6-13-10(11)9-5-4-7-12-8(9)2/h1,8-9H,4-7H2,2H3/t8-,9-/m0/s1. The van der Waals surface area contributed by atoms with E-state index in [1.165, 1.54) is 0 Å². The van der Waals surface area contributed by atoms with Crippen molar-refractivity contribution < 1.29 is 14.3 Å². The third kappa shape index (κ3) is 2.74. The van der Waals surface area contributed by atoms with Gasteiger partial charge >= 0.3 is 5.97 Å². The molecule has 0 spiro atoms. The Morgan fingerprint density at radius 2 is 2.54 bits per heavy atom. The Morgan fingerprint density at radius 1 is 1.77 bits per heavy atom. The van der Waals surface area contributed by atoms with Gasteiger partial charge in [-0.1, -0.05) is 5.92 Å². The van der Waals surface area contributed by atoms with Crippen LogP contribution in [0.25, 0.3) is 0 Å². The van der Waals surface area contributed by atoms with Gasteiger partial charge in [-0.05, 0) is 19.8 Å². The van der Waals surface area contributed by atoms with Gasteiger partial charge < -0.3 is 9.47 Å². The highest BCUT2D eigenvalue weighted by molar-refractivity contribution is 5.73. The lowest BCUT2D eigenvalue weighted by Gasteiger charge is -2.26. The minimum absolute atomic E-state index is 0.0426. The molecule has 3 nitrogen and oxygen atoms in total. The van der Waals surface area contributed by atoms with Crippen LogP contribution in [-0.4, -0.2) is 25.3 Å². The number of ether oxygens (including phenoxy) is 2. The van der Waals surface area contributed by atoms with E-state index in [9.17, 15) is 4.79 Å². The first-order chi connectivity index (χ1) is 6.25. The van der Waals surface area contributed by atoms with Gasteiger partial charge in [-0.15, -0.1) is 6.42 Å². The number of rotatable bonds is 2. The molecule has 0 N–H and O–H groups in total. The molecule has 2 atom stereocenters. The van der Waals surface area contributed by atoms with Gasteiger partial charge in [0.2, 0.25) is 0 Å². The third-order valence-electron chi connectivity index (χ3n) is 2.21. The number of terminal acetylenes is 1. The van der Waals surface area contributed by atoms with Crippen LogP contribution in [0.5, 0.6) is 0 Å². The Hall–Kier alpha value is -1.01. The molecule has 0 radical (unpaired) electrons. The molecule has 0 amide bonds. The van der Waals surface area contributed by atoms with Crippen LogP contribution in [0.1, 0.15) is 19.8 Å². The second-order valence-corrected chi connectivity index (χ2v) is 3.14. The van der Waals surface area contributed by atoms with Crippen LogP contribution in [0, 0.1) is 18.3 Å². The van der Waals surface area contributed by atoms with Crippen molar-refractivity contribution in [2.75, 3.05) is 13.2 Å². The summed E-state index contributed by atoms with van der Waals surface area (Å²) in [5.74, 6) is 1.90. The molecule has 1 aliphatic heterocycles. The molecule has 0 aliphatic carbocycles. The predicted molar refractivity (Wildman–Crippen MR) is 47.9 cm³/mol. The van der Waals surface area contributed by atoms with Gasteiger partial charge in [0.1, 0.15) is 0 Å². The lowest BCUT2D eigenvalue weighted by molar-refractivity contribution is -0.155. The van der Waals surface area contributed by atoms with E-state index >= 15 is 0 Å². The first-order valence-electron chi connectivity index (χ1n) is 4.47. The van der Waals surface area contributed by atoms with Crippen LogP contribution in [0.3, 0.4) is 0 Å². The van der Waals surface area contributed by atoms with Crippen molar-refractivity contribution in [3.05, 3.63) is 0 Å². The highest BCUT2D eigenvalue weighted by atomic mass is 16.5. The van der Waals surface area contributed by atoms with Gasteiger partial charge in [-0.25, -0.2) is 0 Å². The van der Waals surface area contributed by atoms with Gasteiger partial charge in [0.15, 0.2) is 6.61 Å². The molecular formula is C10H14O3. The molecule has 3 heteroatoms. The molecule has 0 aromatic heterocycles. The summed E-state index contributed by atoms with van der Waals surface area (Å²) in [7, 11) is 0. The largest absolute Gasteiger partial charge is 0.452 e. The number of carbonyl (C=O) groups excluding carboxylic acids is 1. The smallest absolute Gasteiger partial charge is 0.312 e. The average molecular weight is 182 g/mol. The van der Waals surface area contributed by atoms with E-state index in [0.717, 1.165) is 19.4 Å². The maximum atomic E-state index is 11.4.